The van der Waals surface area contributed by atoms with Gasteiger partial charge < -0.3 is 0 Å². The van der Waals surface area contributed by atoms with Crippen LogP contribution >= 0.6 is 11.6 Å². The zero-order chi connectivity index (χ0) is 13.3. The van der Waals surface area contributed by atoms with Crippen LogP contribution in [0.5, 0.6) is 0 Å². The number of nitro groups is 1. The van der Waals surface area contributed by atoms with E-state index in [1.807, 2.05) is 32.0 Å². The third kappa shape index (κ3) is 2.17. The largest absolute Gasteiger partial charge is 0.332 e. The van der Waals surface area contributed by atoms with Crippen LogP contribution in [0.4, 0.5) is 5.69 Å². The quantitative estimate of drug-likeness (QED) is 0.473. The minimum Gasteiger partial charge on any atom is -0.258 e. The van der Waals surface area contributed by atoms with Gasteiger partial charge in [0.1, 0.15) is 6.33 Å². The maximum absolute atomic E-state index is 11.1. The number of halogens is 1. The molecule has 18 heavy (non-hydrogen) atoms. The fraction of sp³-hybridized carbons (Fsp3) is 0.167. The van der Waals surface area contributed by atoms with E-state index in [0.717, 1.165) is 11.1 Å². The first-order chi connectivity index (χ1) is 8.50. The van der Waals surface area contributed by atoms with Gasteiger partial charge in [0, 0.05) is 5.56 Å². The van der Waals surface area contributed by atoms with Crippen LogP contribution in [0.2, 0.25) is 5.15 Å². The van der Waals surface area contributed by atoms with Gasteiger partial charge in [0.05, 0.1) is 4.92 Å². The number of aryl methyl sites for hydroxylation is 2. The SMILES string of the molecule is Cc1ccc(C)c(-c2ncnc(Cl)c2[N+](=O)[O-])c1. The van der Waals surface area contributed by atoms with Crippen molar-refractivity contribution in [1.29, 1.82) is 0 Å². The molecule has 0 bridgehead atoms. The Morgan fingerprint density at radius 1 is 1.28 bits per heavy atom. The van der Waals surface area contributed by atoms with Gasteiger partial charge in [0.2, 0.25) is 5.15 Å². The highest BCUT2D eigenvalue weighted by molar-refractivity contribution is 6.31. The maximum Gasteiger partial charge on any atom is 0.332 e. The summed E-state index contributed by atoms with van der Waals surface area (Å²) in [5.74, 6) is 0. The molecule has 0 unspecified atom stereocenters. The van der Waals surface area contributed by atoms with Gasteiger partial charge in [0.15, 0.2) is 5.69 Å². The molecule has 1 aromatic heterocycles. The highest BCUT2D eigenvalue weighted by atomic mass is 35.5. The van der Waals surface area contributed by atoms with Crippen LogP contribution in [0.25, 0.3) is 11.3 Å². The van der Waals surface area contributed by atoms with Gasteiger partial charge in [-0.1, -0.05) is 29.3 Å². The second-order valence-electron chi connectivity index (χ2n) is 3.94. The molecule has 0 fully saturated rings. The highest BCUT2D eigenvalue weighted by Gasteiger charge is 2.23. The monoisotopic (exact) mass is 263 g/mol. The van der Waals surface area contributed by atoms with Crippen LogP contribution in [-0.2, 0) is 0 Å². The molecule has 0 aliphatic carbocycles. The van der Waals surface area contributed by atoms with Crippen molar-refractivity contribution in [2.24, 2.45) is 0 Å². The van der Waals surface area contributed by atoms with E-state index in [1.54, 1.807) is 0 Å². The molecule has 0 aliphatic rings. The summed E-state index contributed by atoms with van der Waals surface area (Å²) in [5.41, 5.74) is 2.60. The fourth-order valence-electron chi connectivity index (χ4n) is 1.71. The molecule has 0 saturated heterocycles. The summed E-state index contributed by atoms with van der Waals surface area (Å²) >= 11 is 5.77. The fourth-order valence-corrected chi connectivity index (χ4v) is 1.91. The van der Waals surface area contributed by atoms with E-state index in [0.29, 0.717) is 5.56 Å². The van der Waals surface area contributed by atoms with Crippen molar-refractivity contribution in [1.82, 2.24) is 9.97 Å². The van der Waals surface area contributed by atoms with Crippen LogP contribution in [0, 0.1) is 24.0 Å². The second-order valence-corrected chi connectivity index (χ2v) is 4.30. The number of aromatic nitrogens is 2. The number of hydrogen-bond donors (Lipinski definition) is 0. The molecule has 2 aromatic rings. The van der Waals surface area contributed by atoms with Crippen molar-refractivity contribution in [2.75, 3.05) is 0 Å². The molecule has 5 nitrogen and oxygen atoms in total. The molecule has 0 atom stereocenters. The van der Waals surface area contributed by atoms with Crippen molar-refractivity contribution < 1.29 is 4.92 Å². The molecule has 2 rings (SSSR count). The zero-order valence-corrected chi connectivity index (χ0v) is 10.6. The molecule has 1 aromatic carbocycles. The van der Waals surface area contributed by atoms with Crippen LogP contribution < -0.4 is 0 Å². The van der Waals surface area contributed by atoms with E-state index < -0.39 is 4.92 Å². The van der Waals surface area contributed by atoms with Crippen molar-refractivity contribution in [2.45, 2.75) is 13.8 Å². The Morgan fingerprint density at radius 3 is 2.67 bits per heavy atom. The van der Waals surface area contributed by atoms with Crippen molar-refractivity contribution in [3.8, 4) is 11.3 Å². The lowest BCUT2D eigenvalue weighted by atomic mass is 10.0. The Balaban J connectivity index is 2.75. The first-order valence-corrected chi connectivity index (χ1v) is 5.61. The molecule has 0 N–H and O–H groups in total. The van der Waals surface area contributed by atoms with Crippen LogP contribution in [0.15, 0.2) is 24.5 Å². The topological polar surface area (TPSA) is 68.9 Å². The van der Waals surface area contributed by atoms with Crippen molar-refractivity contribution in [3.05, 3.63) is 50.9 Å². The average molecular weight is 264 g/mol. The van der Waals surface area contributed by atoms with E-state index in [-0.39, 0.29) is 16.5 Å². The zero-order valence-electron chi connectivity index (χ0n) is 9.85. The van der Waals surface area contributed by atoms with Gasteiger partial charge >= 0.3 is 5.69 Å². The summed E-state index contributed by atoms with van der Waals surface area (Å²) in [4.78, 5) is 18.1. The molecule has 1 heterocycles. The normalized spacial score (nSPS) is 10.4. The first-order valence-electron chi connectivity index (χ1n) is 5.23. The van der Waals surface area contributed by atoms with Gasteiger partial charge in [0.25, 0.3) is 0 Å². The van der Waals surface area contributed by atoms with Crippen molar-refractivity contribution in [3.63, 3.8) is 0 Å². The molecule has 6 heteroatoms. The summed E-state index contributed by atoms with van der Waals surface area (Å²) in [7, 11) is 0. The lowest BCUT2D eigenvalue weighted by Crippen LogP contribution is -1.99. The van der Waals surface area contributed by atoms with Gasteiger partial charge in [-0.15, -0.1) is 0 Å². The first kappa shape index (κ1) is 12.4. The van der Waals surface area contributed by atoms with Crippen LogP contribution in [0.3, 0.4) is 0 Å². The maximum atomic E-state index is 11.1. The van der Waals surface area contributed by atoms with E-state index in [2.05, 4.69) is 9.97 Å². The molecule has 0 radical (unpaired) electrons. The predicted octanol–water partition coefficient (Wildman–Crippen LogP) is 3.32. The summed E-state index contributed by atoms with van der Waals surface area (Å²) in [6.45, 7) is 3.78. The Bertz CT molecular complexity index is 629. The van der Waals surface area contributed by atoms with Gasteiger partial charge in [-0.05, 0) is 25.5 Å². The van der Waals surface area contributed by atoms with Gasteiger partial charge in [-0.3, -0.25) is 10.1 Å². The molecule has 0 aliphatic heterocycles. The third-order valence-corrected chi connectivity index (χ3v) is 2.88. The van der Waals surface area contributed by atoms with Crippen LogP contribution in [-0.4, -0.2) is 14.9 Å². The lowest BCUT2D eigenvalue weighted by Gasteiger charge is -2.07. The Hall–Kier alpha value is -2.01. The summed E-state index contributed by atoms with van der Waals surface area (Å²) in [6, 6.07) is 5.68. The molecular weight excluding hydrogens is 254 g/mol. The molecule has 0 amide bonds. The molecule has 92 valence electrons. The Kier molecular flexibility index (Phi) is 3.25. The number of benzene rings is 1. The highest BCUT2D eigenvalue weighted by Crippen LogP contribution is 2.34. The number of nitrogens with zero attached hydrogens (tertiary/aromatic N) is 3. The second kappa shape index (κ2) is 4.70. The van der Waals surface area contributed by atoms with Gasteiger partial charge in [-0.25, -0.2) is 9.97 Å². The minimum atomic E-state index is -0.556. The smallest absolute Gasteiger partial charge is 0.258 e. The number of hydrogen-bond acceptors (Lipinski definition) is 4. The minimum absolute atomic E-state index is 0.147. The molecule has 0 spiro atoms. The van der Waals surface area contributed by atoms with Gasteiger partial charge in [-0.2, -0.15) is 0 Å². The summed E-state index contributed by atoms with van der Waals surface area (Å²) in [5, 5.41) is 10.9. The number of rotatable bonds is 2. The third-order valence-electron chi connectivity index (χ3n) is 2.61. The lowest BCUT2D eigenvalue weighted by molar-refractivity contribution is -0.384. The average Bonchev–Trinajstić information content (AvgIpc) is 2.31. The predicted molar refractivity (Wildman–Crippen MR) is 68.6 cm³/mol. The standard InChI is InChI=1S/C12H10ClN3O2/c1-7-3-4-8(2)9(5-7)10-11(16(17)18)12(13)15-6-14-10/h3-6H,1-2H3. The Labute approximate surface area is 109 Å². The Morgan fingerprint density at radius 2 is 2.00 bits per heavy atom. The van der Waals surface area contributed by atoms with Crippen molar-refractivity contribution >= 4 is 17.3 Å². The van der Waals surface area contributed by atoms with Crippen LogP contribution in [0.1, 0.15) is 11.1 Å². The van der Waals surface area contributed by atoms with E-state index in [1.165, 1.54) is 6.33 Å². The molecule has 0 saturated carbocycles. The molecular formula is C12H10ClN3O2. The summed E-state index contributed by atoms with van der Waals surface area (Å²) < 4.78 is 0. The van der Waals surface area contributed by atoms with E-state index >= 15 is 0 Å². The van der Waals surface area contributed by atoms with E-state index in [4.69, 9.17) is 11.6 Å². The summed E-state index contributed by atoms with van der Waals surface area (Å²) in [6.07, 6.45) is 1.23. The van der Waals surface area contributed by atoms with E-state index in [9.17, 15) is 10.1 Å².